The van der Waals surface area contributed by atoms with E-state index in [0.717, 1.165) is 0 Å². The normalized spacial score (nSPS) is 11.6. The first kappa shape index (κ1) is 16.4. The molecule has 128 valence electrons. The second-order valence-corrected chi connectivity index (χ2v) is 7.76. The van der Waals surface area contributed by atoms with Crippen LogP contribution in [0.25, 0.3) is 22.0 Å². The summed E-state index contributed by atoms with van der Waals surface area (Å²) in [6, 6.07) is 21.5. The number of aromatic nitrogens is 1. The van der Waals surface area contributed by atoms with E-state index in [4.69, 9.17) is 0 Å². The fraction of sp³-hybridized carbons (Fsp3) is 0. The quantitative estimate of drug-likeness (QED) is 0.521. The van der Waals surface area contributed by atoms with E-state index in [2.05, 4.69) is 4.98 Å². The van der Waals surface area contributed by atoms with E-state index in [9.17, 15) is 12.8 Å². The lowest BCUT2D eigenvalue weighted by molar-refractivity contribution is 0.596. The van der Waals surface area contributed by atoms with Gasteiger partial charge in [-0.1, -0.05) is 48.5 Å². The molecule has 0 unspecified atom stereocenters. The highest BCUT2D eigenvalue weighted by Crippen LogP contribution is 2.36. The number of fused-ring (bicyclic) bond motifs is 1. The van der Waals surface area contributed by atoms with E-state index < -0.39 is 15.7 Å². The van der Waals surface area contributed by atoms with Gasteiger partial charge in [0.15, 0.2) is 0 Å². The molecule has 0 atom stereocenters. The second kappa shape index (κ2) is 6.35. The van der Waals surface area contributed by atoms with Gasteiger partial charge in [-0.2, -0.15) is 0 Å². The number of halogens is 1. The molecule has 26 heavy (non-hydrogen) atoms. The van der Waals surface area contributed by atoms with Gasteiger partial charge in [-0.3, -0.25) is 4.98 Å². The van der Waals surface area contributed by atoms with Crippen molar-refractivity contribution in [2.45, 2.75) is 9.79 Å². The molecular weight excluding hydrogens is 349 g/mol. The number of benzene rings is 3. The highest BCUT2D eigenvalue weighted by atomic mass is 32.2. The van der Waals surface area contributed by atoms with E-state index >= 15 is 0 Å². The Kier molecular flexibility index (Phi) is 4.01. The average Bonchev–Trinajstić information content (AvgIpc) is 2.68. The molecule has 0 fully saturated rings. The summed E-state index contributed by atoms with van der Waals surface area (Å²) in [4.78, 5) is 4.49. The molecule has 3 nitrogen and oxygen atoms in total. The summed E-state index contributed by atoms with van der Waals surface area (Å²) in [5.74, 6) is -0.439. The maximum atomic E-state index is 13.9. The third-order valence-corrected chi connectivity index (χ3v) is 5.98. The number of sulfone groups is 1. The lowest BCUT2D eigenvalue weighted by Gasteiger charge is -2.14. The Morgan fingerprint density at radius 2 is 1.46 bits per heavy atom. The minimum absolute atomic E-state index is 0.0630. The summed E-state index contributed by atoms with van der Waals surface area (Å²) in [5, 5.41) is 0.466. The highest BCUT2D eigenvalue weighted by molar-refractivity contribution is 7.91. The van der Waals surface area contributed by atoms with Gasteiger partial charge in [0.2, 0.25) is 9.84 Å². The van der Waals surface area contributed by atoms with Crippen LogP contribution >= 0.6 is 0 Å². The lowest BCUT2D eigenvalue weighted by Crippen LogP contribution is -2.05. The summed E-state index contributed by atoms with van der Waals surface area (Å²) < 4.78 is 40.4. The largest absolute Gasteiger partial charge is 0.255 e. The van der Waals surface area contributed by atoms with Crippen LogP contribution in [0, 0.1) is 5.82 Å². The van der Waals surface area contributed by atoms with E-state index in [1.165, 1.54) is 18.3 Å². The number of pyridine rings is 1. The van der Waals surface area contributed by atoms with Crippen LogP contribution in [0.1, 0.15) is 0 Å². The number of nitrogens with zero attached hydrogens (tertiary/aromatic N) is 1. The smallest absolute Gasteiger partial charge is 0.208 e. The maximum Gasteiger partial charge on any atom is 0.208 e. The molecule has 0 saturated heterocycles. The van der Waals surface area contributed by atoms with Crippen molar-refractivity contribution in [2.24, 2.45) is 0 Å². The molecule has 1 aromatic heterocycles. The first-order chi connectivity index (χ1) is 12.6. The molecule has 0 saturated carbocycles. The first-order valence-electron chi connectivity index (χ1n) is 8.01. The van der Waals surface area contributed by atoms with Gasteiger partial charge >= 0.3 is 0 Å². The molecule has 0 spiro atoms. The first-order valence-corrected chi connectivity index (χ1v) is 9.49. The fourth-order valence-corrected chi connectivity index (χ4v) is 4.44. The van der Waals surface area contributed by atoms with E-state index in [1.807, 2.05) is 30.3 Å². The Bertz CT molecular complexity index is 1190. The SMILES string of the molecule is O=S(=O)(c1ccccc1)c1cnc2ccc(F)cc2c1-c1ccccc1. The Morgan fingerprint density at radius 3 is 2.15 bits per heavy atom. The van der Waals surface area contributed by atoms with E-state index in [0.29, 0.717) is 22.0 Å². The Labute approximate surface area is 150 Å². The van der Waals surface area contributed by atoms with Crippen molar-refractivity contribution in [1.82, 2.24) is 4.98 Å². The fourth-order valence-electron chi connectivity index (χ4n) is 2.98. The molecule has 0 amide bonds. The van der Waals surface area contributed by atoms with Crippen molar-refractivity contribution in [3.63, 3.8) is 0 Å². The van der Waals surface area contributed by atoms with Crippen LogP contribution in [-0.4, -0.2) is 13.4 Å². The van der Waals surface area contributed by atoms with Gasteiger partial charge in [0.1, 0.15) is 5.82 Å². The Balaban J connectivity index is 2.11. The molecule has 0 bridgehead atoms. The van der Waals surface area contributed by atoms with Crippen molar-refractivity contribution in [2.75, 3.05) is 0 Å². The number of hydrogen-bond acceptors (Lipinski definition) is 3. The number of rotatable bonds is 3. The third kappa shape index (κ3) is 2.76. The van der Waals surface area contributed by atoms with Crippen LogP contribution in [0.5, 0.6) is 0 Å². The van der Waals surface area contributed by atoms with Crippen LogP contribution in [0.3, 0.4) is 0 Å². The summed E-state index contributed by atoms with van der Waals surface area (Å²) >= 11 is 0. The molecule has 0 radical (unpaired) electrons. The summed E-state index contributed by atoms with van der Waals surface area (Å²) in [7, 11) is -3.81. The Morgan fingerprint density at radius 1 is 0.808 bits per heavy atom. The van der Waals surface area contributed by atoms with Gasteiger partial charge < -0.3 is 0 Å². The molecule has 0 N–H and O–H groups in total. The van der Waals surface area contributed by atoms with Crippen LogP contribution in [0.15, 0.2) is 94.9 Å². The Hall–Kier alpha value is -3.05. The molecule has 0 aliphatic heterocycles. The van der Waals surface area contributed by atoms with Crippen molar-refractivity contribution in [1.29, 1.82) is 0 Å². The summed E-state index contributed by atoms with van der Waals surface area (Å²) in [6.07, 6.45) is 1.35. The molecule has 3 aromatic carbocycles. The van der Waals surface area contributed by atoms with Crippen LogP contribution in [0.2, 0.25) is 0 Å². The van der Waals surface area contributed by atoms with Crippen molar-refractivity contribution >= 4 is 20.7 Å². The summed E-state index contributed by atoms with van der Waals surface area (Å²) in [6.45, 7) is 0. The number of hydrogen-bond donors (Lipinski definition) is 0. The highest BCUT2D eigenvalue weighted by Gasteiger charge is 2.24. The molecular formula is C21H14FNO2S. The maximum absolute atomic E-state index is 13.9. The predicted octanol–water partition coefficient (Wildman–Crippen LogP) is 4.87. The minimum Gasteiger partial charge on any atom is -0.255 e. The zero-order valence-corrected chi connectivity index (χ0v) is 14.4. The zero-order valence-electron chi connectivity index (χ0n) is 13.6. The lowest BCUT2D eigenvalue weighted by atomic mass is 10.0. The van der Waals surface area contributed by atoms with Gasteiger partial charge in [0, 0.05) is 17.1 Å². The second-order valence-electron chi connectivity index (χ2n) is 5.84. The van der Waals surface area contributed by atoms with Gasteiger partial charge in [0.25, 0.3) is 0 Å². The summed E-state index contributed by atoms with van der Waals surface area (Å²) in [5.41, 5.74) is 1.69. The van der Waals surface area contributed by atoms with Crippen LogP contribution in [-0.2, 0) is 9.84 Å². The van der Waals surface area contributed by atoms with E-state index in [-0.39, 0.29) is 9.79 Å². The van der Waals surface area contributed by atoms with Crippen LogP contribution < -0.4 is 0 Å². The minimum atomic E-state index is -3.81. The molecule has 5 heteroatoms. The average molecular weight is 363 g/mol. The topological polar surface area (TPSA) is 47.0 Å². The van der Waals surface area contributed by atoms with Gasteiger partial charge in [-0.25, -0.2) is 12.8 Å². The van der Waals surface area contributed by atoms with Crippen molar-refractivity contribution in [3.05, 3.63) is 90.9 Å². The van der Waals surface area contributed by atoms with Gasteiger partial charge in [-0.05, 0) is 35.9 Å². The van der Waals surface area contributed by atoms with Gasteiger partial charge in [-0.15, -0.1) is 0 Å². The standard InChI is InChI=1S/C21H14FNO2S/c22-16-11-12-19-18(13-16)21(15-7-3-1-4-8-15)20(14-23-19)26(24,25)17-9-5-2-6-10-17/h1-14H. The van der Waals surface area contributed by atoms with Gasteiger partial charge in [0.05, 0.1) is 15.3 Å². The van der Waals surface area contributed by atoms with Crippen molar-refractivity contribution in [3.8, 4) is 11.1 Å². The van der Waals surface area contributed by atoms with E-state index in [1.54, 1.807) is 36.4 Å². The third-order valence-electron chi connectivity index (χ3n) is 4.20. The molecule has 4 rings (SSSR count). The van der Waals surface area contributed by atoms with Crippen molar-refractivity contribution < 1.29 is 12.8 Å². The molecule has 1 heterocycles. The monoisotopic (exact) mass is 363 g/mol. The van der Waals surface area contributed by atoms with Crippen LogP contribution in [0.4, 0.5) is 4.39 Å². The molecule has 0 aliphatic rings. The molecule has 0 aliphatic carbocycles. The predicted molar refractivity (Wildman–Crippen MR) is 99.0 cm³/mol. The zero-order chi connectivity index (χ0) is 18.1. The molecule has 4 aromatic rings.